The molecule has 0 radical (unpaired) electrons. The molecule has 4 nitrogen and oxygen atoms in total. The van der Waals surface area contributed by atoms with Gasteiger partial charge in [0.15, 0.2) is 0 Å². The van der Waals surface area contributed by atoms with E-state index in [1.807, 2.05) is 67.6 Å². The second-order valence-corrected chi connectivity index (χ2v) is 7.87. The molecule has 6 heteroatoms. The third kappa shape index (κ3) is 4.89. The lowest BCUT2D eigenvalue weighted by Crippen LogP contribution is -2.10. The monoisotopic (exact) mass is 440 g/mol. The molecule has 0 atom stereocenters. The van der Waals surface area contributed by atoms with Gasteiger partial charge in [0, 0.05) is 16.6 Å². The molecule has 3 aromatic carbocycles. The van der Waals surface area contributed by atoms with Crippen LogP contribution >= 0.6 is 23.2 Å². The summed E-state index contributed by atoms with van der Waals surface area (Å²) < 4.78 is 14.0. The van der Waals surface area contributed by atoms with Gasteiger partial charge < -0.3 is 14.0 Å². The molecule has 0 spiro atoms. The number of para-hydroxylation sites is 2. The molecule has 154 valence electrons. The lowest BCUT2D eigenvalue weighted by atomic mass is 10.2. The summed E-state index contributed by atoms with van der Waals surface area (Å²) in [5, 5.41) is 1.43. The van der Waals surface area contributed by atoms with Crippen LogP contribution < -0.4 is 9.47 Å². The SMILES string of the molecule is Cc1cc(OCCCn2c(COc3ccc(Cl)cc3)nc3ccccc32)ccc1Cl. The summed E-state index contributed by atoms with van der Waals surface area (Å²) in [6.45, 7) is 3.74. The maximum absolute atomic E-state index is 6.08. The number of aryl methyl sites for hydroxylation is 2. The minimum absolute atomic E-state index is 0.382. The zero-order valence-corrected chi connectivity index (χ0v) is 18.2. The molecule has 0 aliphatic rings. The van der Waals surface area contributed by atoms with Crippen molar-refractivity contribution in [3.05, 3.63) is 88.2 Å². The van der Waals surface area contributed by atoms with Gasteiger partial charge >= 0.3 is 0 Å². The van der Waals surface area contributed by atoms with Crippen molar-refractivity contribution in [3.63, 3.8) is 0 Å². The maximum Gasteiger partial charge on any atom is 0.147 e. The number of imidazole rings is 1. The second-order valence-electron chi connectivity index (χ2n) is 7.02. The molecule has 30 heavy (non-hydrogen) atoms. The van der Waals surface area contributed by atoms with Crippen molar-refractivity contribution >= 4 is 34.2 Å². The maximum atomic E-state index is 6.08. The Morgan fingerprint density at radius 2 is 1.67 bits per heavy atom. The molecule has 0 saturated heterocycles. The van der Waals surface area contributed by atoms with Crippen LogP contribution in [0.5, 0.6) is 11.5 Å². The summed E-state index contributed by atoms with van der Waals surface area (Å²) in [5.41, 5.74) is 3.06. The van der Waals surface area contributed by atoms with E-state index in [0.29, 0.717) is 18.2 Å². The Morgan fingerprint density at radius 3 is 2.47 bits per heavy atom. The Hall–Kier alpha value is -2.69. The third-order valence-electron chi connectivity index (χ3n) is 4.84. The molecule has 1 aromatic heterocycles. The van der Waals surface area contributed by atoms with E-state index in [1.165, 1.54) is 0 Å². The minimum Gasteiger partial charge on any atom is -0.494 e. The van der Waals surface area contributed by atoms with Crippen LogP contribution in [0.3, 0.4) is 0 Å². The van der Waals surface area contributed by atoms with Gasteiger partial charge in [0.05, 0.1) is 17.6 Å². The van der Waals surface area contributed by atoms with E-state index in [9.17, 15) is 0 Å². The molecule has 0 aliphatic heterocycles. The molecular weight excluding hydrogens is 419 g/mol. The number of hydrogen-bond acceptors (Lipinski definition) is 3. The number of benzene rings is 3. The summed E-state index contributed by atoms with van der Waals surface area (Å²) in [5.74, 6) is 2.48. The molecule has 4 rings (SSSR count). The van der Waals surface area contributed by atoms with Crippen LogP contribution in [0.1, 0.15) is 17.8 Å². The van der Waals surface area contributed by atoms with Gasteiger partial charge in [-0.15, -0.1) is 0 Å². The van der Waals surface area contributed by atoms with Crippen LogP contribution in [0.15, 0.2) is 66.7 Å². The number of rotatable bonds is 8. The highest BCUT2D eigenvalue weighted by Crippen LogP contribution is 2.22. The van der Waals surface area contributed by atoms with E-state index in [4.69, 9.17) is 37.7 Å². The molecule has 0 N–H and O–H groups in total. The van der Waals surface area contributed by atoms with E-state index >= 15 is 0 Å². The first-order valence-corrected chi connectivity index (χ1v) is 10.6. The van der Waals surface area contributed by atoms with Crippen molar-refractivity contribution in [2.75, 3.05) is 6.61 Å². The first-order chi connectivity index (χ1) is 14.6. The normalized spacial score (nSPS) is 11.0. The van der Waals surface area contributed by atoms with Crippen LogP contribution in [0.2, 0.25) is 10.0 Å². The van der Waals surface area contributed by atoms with E-state index in [0.717, 1.165) is 51.9 Å². The summed E-state index contributed by atoms with van der Waals surface area (Å²) in [6, 6.07) is 21.2. The summed E-state index contributed by atoms with van der Waals surface area (Å²) >= 11 is 12.0. The fourth-order valence-electron chi connectivity index (χ4n) is 3.28. The average molecular weight is 441 g/mol. The lowest BCUT2D eigenvalue weighted by molar-refractivity contribution is 0.280. The predicted molar refractivity (Wildman–Crippen MR) is 122 cm³/mol. The number of nitrogens with zero attached hydrogens (tertiary/aromatic N) is 2. The van der Waals surface area contributed by atoms with Crippen molar-refractivity contribution in [3.8, 4) is 11.5 Å². The first kappa shape index (κ1) is 20.6. The van der Waals surface area contributed by atoms with Crippen molar-refractivity contribution < 1.29 is 9.47 Å². The van der Waals surface area contributed by atoms with Crippen LogP contribution in [0.4, 0.5) is 0 Å². The van der Waals surface area contributed by atoms with Crippen molar-refractivity contribution in [1.82, 2.24) is 9.55 Å². The van der Waals surface area contributed by atoms with Crippen molar-refractivity contribution in [2.24, 2.45) is 0 Å². The van der Waals surface area contributed by atoms with Crippen molar-refractivity contribution in [2.45, 2.75) is 26.5 Å². The molecule has 0 amide bonds. The van der Waals surface area contributed by atoms with Gasteiger partial charge in [-0.25, -0.2) is 4.98 Å². The minimum atomic E-state index is 0.382. The highest BCUT2D eigenvalue weighted by Gasteiger charge is 2.11. The first-order valence-electron chi connectivity index (χ1n) is 9.81. The molecule has 4 aromatic rings. The molecular formula is C24H22Cl2N2O2. The van der Waals surface area contributed by atoms with Crippen LogP contribution in [0, 0.1) is 6.92 Å². The Morgan fingerprint density at radius 1 is 0.900 bits per heavy atom. The van der Waals surface area contributed by atoms with E-state index in [-0.39, 0.29) is 0 Å². The van der Waals surface area contributed by atoms with Crippen molar-refractivity contribution in [1.29, 1.82) is 0 Å². The summed E-state index contributed by atoms with van der Waals surface area (Å²) in [4.78, 5) is 4.76. The molecule has 1 heterocycles. The van der Waals surface area contributed by atoms with Gasteiger partial charge in [-0.3, -0.25) is 0 Å². The summed E-state index contributed by atoms with van der Waals surface area (Å²) in [7, 11) is 0. The fraction of sp³-hybridized carbons (Fsp3) is 0.208. The summed E-state index contributed by atoms with van der Waals surface area (Å²) in [6.07, 6.45) is 0.843. The topological polar surface area (TPSA) is 36.3 Å². The van der Waals surface area contributed by atoms with E-state index < -0.39 is 0 Å². The predicted octanol–water partition coefficient (Wildman–Crippen LogP) is 6.70. The van der Waals surface area contributed by atoms with Crippen LogP contribution in [-0.2, 0) is 13.2 Å². The van der Waals surface area contributed by atoms with Gasteiger partial charge in [-0.2, -0.15) is 0 Å². The smallest absolute Gasteiger partial charge is 0.147 e. The molecule has 0 aliphatic carbocycles. The number of halogens is 2. The van der Waals surface area contributed by atoms with Crippen LogP contribution in [-0.4, -0.2) is 16.2 Å². The molecule has 0 fully saturated rings. The van der Waals surface area contributed by atoms with Gasteiger partial charge in [-0.05, 0) is 73.5 Å². The Bertz CT molecular complexity index is 1140. The molecule has 0 unspecified atom stereocenters. The quantitative estimate of drug-likeness (QED) is 0.286. The number of hydrogen-bond donors (Lipinski definition) is 0. The number of aromatic nitrogens is 2. The van der Waals surface area contributed by atoms with Gasteiger partial charge in [0.1, 0.15) is 23.9 Å². The zero-order valence-electron chi connectivity index (χ0n) is 16.6. The lowest BCUT2D eigenvalue weighted by Gasteiger charge is -2.12. The Labute approximate surface area is 186 Å². The average Bonchev–Trinajstić information content (AvgIpc) is 3.11. The third-order valence-corrected chi connectivity index (χ3v) is 5.52. The second kappa shape index (κ2) is 9.41. The van der Waals surface area contributed by atoms with Crippen LogP contribution in [0.25, 0.3) is 11.0 Å². The highest BCUT2D eigenvalue weighted by atomic mass is 35.5. The fourth-order valence-corrected chi connectivity index (χ4v) is 3.53. The van der Waals surface area contributed by atoms with Gasteiger partial charge in [0.25, 0.3) is 0 Å². The van der Waals surface area contributed by atoms with Gasteiger partial charge in [0.2, 0.25) is 0 Å². The number of ether oxygens (including phenoxy) is 2. The molecule has 0 bridgehead atoms. The Kier molecular flexibility index (Phi) is 6.46. The highest BCUT2D eigenvalue weighted by molar-refractivity contribution is 6.31. The number of fused-ring (bicyclic) bond motifs is 1. The largest absolute Gasteiger partial charge is 0.494 e. The van der Waals surface area contributed by atoms with E-state index in [1.54, 1.807) is 0 Å². The zero-order chi connectivity index (χ0) is 20.9. The van der Waals surface area contributed by atoms with E-state index in [2.05, 4.69) is 10.6 Å². The standard InChI is InChI=1S/C24H22Cl2N2O2/c1-17-15-20(11-12-21(17)26)29-14-4-13-28-23-6-3-2-5-22(23)27-24(28)16-30-19-9-7-18(25)8-10-19/h2-3,5-12,15H,4,13-14,16H2,1H3. The Balaban J connectivity index is 1.43. The van der Waals surface area contributed by atoms with Gasteiger partial charge in [-0.1, -0.05) is 35.3 Å². The molecule has 0 saturated carbocycles.